The van der Waals surface area contributed by atoms with Crippen LogP contribution < -0.4 is 9.46 Å². The van der Waals surface area contributed by atoms with Gasteiger partial charge in [-0.3, -0.25) is 10.1 Å². The van der Waals surface area contributed by atoms with Crippen LogP contribution in [0.5, 0.6) is 5.75 Å². The molecule has 1 aromatic heterocycles. The van der Waals surface area contributed by atoms with Crippen molar-refractivity contribution in [1.82, 2.24) is 9.71 Å². The van der Waals surface area contributed by atoms with Crippen molar-refractivity contribution in [1.29, 1.82) is 0 Å². The molecule has 12 heteroatoms. The van der Waals surface area contributed by atoms with Gasteiger partial charge < -0.3 is 9.72 Å². The Balaban J connectivity index is 1.81. The monoisotopic (exact) mass is 457 g/mol. The van der Waals surface area contributed by atoms with Gasteiger partial charge in [0.2, 0.25) is 10.0 Å². The molecule has 0 atom stereocenters. The van der Waals surface area contributed by atoms with Gasteiger partial charge in [-0.05, 0) is 49.6 Å². The molecule has 0 radical (unpaired) electrons. The highest BCUT2D eigenvalue weighted by atomic mass is 32.2. The van der Waals surface area contributed by atoms with E-state index >= 15 is 0 Å². The summed E-state index contributed by atoms with van der Waals surface area (Å²) in [5, 5.41) is 11.4. The number of non-ortho nitro benzene ring substituents is 1. The Bertz CT molecular complexity index is 1250. The Morgan fingerprint density at radius 2 is 1.87 bits per heavy atom. The minimum absolute atomic E-state index is 0.0669. The minimum Gasteiger partial charge on any atom is -0.406 e. The van der Waals surface area contributed by atoms with Crippen molar-refractivity contribution in [3.05, 3.63) is 63.3 Å². The maximum Gasteiger partial charge on any atom is 0.573 e. The van der Waals surface area contributed by atoms with Crippen LogP contribution in [0.4, 0.5) is 18.9 Å². The van der Waals surface area contributed by atoms with Crippen LogP contribution in [0.15, 0.2) is 41.3 Å². The van der Waals surface area contributed by atoms with Crippen molar-refractivity contribution in [3.63, 3.8) is 0 Å². The van der Waals surface area contributed by atoms with Crippen molar-refractivity contribution in [3.8, 4) is 5.75 Å². The largest absolute Gasteiger partial charge is 0.573 e. The second-order valence-electron chi connectivity index (χ2n) is 6.84. The molecule has 0 fully saturated rings. The lowest BCUT2D eigenvalue weighted by atomic mass is 10.1. The number of nitro groups is 1. The first kappa shape index (κ1) is 22.6. The average molecular weight is 457 g/mol. The van der Waals surface area contributed by atoms with Gasteiger partial charge in [-0.15, -0.1) is 13.2 Å². The van der Waals surface area contributed by atoms with Crippen LogP contribution in [0, 0.1) is 24.0 Å². The first-order chi connectivity index (χ1) is 14.4. The van der Waals surface area contributed by atoms with Crippen molar-refractivity contribution >= 4 is 26.6 Å². The third kappa shape index (κ3) is 5.14. The standard InChI is InChI=1S/C19H18F3N3O5S/c1-11-3-4-13(25(26)27)9-18(11)31(28,29)23-8-7-15-12(2)24-17-6-5-14(10-16(15)17)30-19(20,21)22/h3-6,9-10,23-24H,7-8H2,1-2H3. The summed E-state index contributed by atoms with van der Waals surface area (Å²) >= 11 is 0. The molecule has 0 aliphatic carbocycles. The van der Waals surface area contributed by atoms with Crippen molar-refractivity contribution in [2.24, 2.45) is 0 Å². The first-order valence-corrected chi connectivity index (χ1v) is 10.5. The van der Waals surface area contributed by atoms with E-state index in [1.54, 1.807) is 6.92 Å². The number of hydrogen-bond acceptors (Lipinski definition) is 5. The maximum absolute atomic E-state index is 12.6. The van der Waals surface area contributed by atoms with Crippen LogP contribution in [-0.4, -0.2) is 31.2 Å². The van der Waals surface area contributed by atoms with E-state index < -0.39 is 21.3 Å². The Labute approximate surface area is 175 Å². The summed E-state index contributed by atoms with van der Waals surface area (Å²) in [6.45, 7) is 3.17. The molecule has 0 saturated carbocycles. The SMILES string of the molecule is Cc1ccc([N+](=O)[O-])cc1S(=O)(=O)NCCc1c(C)[nH]c2ccc(OC(F)(F)F)cc12. The van der Waals surface area contributed by atoms with Crippen LogP contribution in [0.2, 0.25) is 0 Å². The summed E-state index contributed by atoms with van der Waals surface area (Å²) in [6, 6.07) is 7.41. The molecule has 0 saturated heterocycles. The van der Waals surface area contributed by atoms with Gasteiger partial charge >= 0.3 is 6.36 Å². The highest BCUT2D eigenvalue weighted by Gasteiger charge is 2.31. The number of aromatic nitrogens is 1. The number of aromatic amines is 1. The quantitative estimate of drug-likeness (QED) is 0.409. The van der Waals surface area contributed by atoms with E-state index in [0.29, 0.717) is 27.7 Å². The zero-order chi connectivity index (χ0) is 23.0. The molecule has 0 amide bonds. The summed E-state index contributed by atoms with van der Waals surface area (Å²) < 4.78 is 69.1. The molecule has 31 heavy (non-hydrogen) atoms. The summed E-state index contributed by atoms with van der Waals surface area (Å²) in [6.07, 6.45) is -4.65. The number of benzene rings is 2. The molecule has 0 aliphatic heterocycles. The highest BCUT2D eigenvalue weighted by Crippen LogP contribution is 2.30. The predicted molar refractivity (Wildman–Crippen MR) is 106 cm³/mol. The van der Waals surface area contributed by atoms with Gasteiger partial charge in [0.1, 0.15) is 5.75 Å². The lowest BCUT2D eigenvalue weighted by Crippen LogP contribution is -2.26. The van der Waals surface area contributed by atoms with Gasteiger partial charge in [0.25, 0.3) is 5.69 Å². The van der Waals surface area contributed by atoms with Gasteiger partial charge in [0, 0.05) is 35.3 Å². The zero-order valence-corrected chi connectivity index (χ0v) is 17.2. The molecule has 3 rings (SSSR count). The Morgan fingerprint density at radius 1 is 1.16 bits per heavy atom. The number of halogens is 3. The summed E-state index contributed by atoms with van der Waals surface area (Å²) in [5.41, 5.74) is 1.87. The molecule has 0 unspecified atom stereocenters. The van der Waals surface area contributed by atoms with E-state index in [1.807, 2.05) is 0 Å². The average Bonchev–Trinajstić information content (AvgIpc) is 2.95. The summed E-state index contributed by atoms with van der Waals surface area (Å²) in [5.74, 6) is -0.381. The van der Waals surface area contributed by atoms with Crippen LogP contribution in [0.25, 0.3) is 10.9 Å². The number of fused-ring (bicyclic) bond motifs is 1. The van der Waals surface area contributed by atoms with Gasteiger partial charge in [-0.25, -0.2) is 13.1 Å². The fourth-order valence-electron chi connectivity index (χ4n) is 3.26. The fourth-order valence-corrected chi connectivity index (χ4v) is 4.55. The van der Waals surface area contributed by atoms with Crippen molar-refractivity contribution < 1.29 is 31.2 Å². The Kier molecular flexibility index (Phi) is 5.96. The molecule has 166 valence electrons. The minimum atomic E-state index is -4.83. The lowest BCUT2D eigenvalue weighted by Gasteiger charge is -2.10. The van der Waals surface area contributed by atoms with E-state index in [2.05, 4.69) is 14.4 Å². The summed E-state index contributed by atoms with van der Waals surface area (Å²) in [7, 11) is -4.04. The van der Waals surface area contributed by atoms with Gasteiger partial charge in [-0.1, -0.05) is 6.07 Å². The molecule has 0 aliphatic rings. The molecular formula is C19H18F3N3O5S. The topological polar surface area (TPSA) is 114 Å². The van der Waals surface area contributed by atoms with Crippen molar-refractivity contribution in [2.45, 2.75) is 31.5 Å². The molecule has 8 nitrogen and oxygen atoms in total. The molecule has 2 N–H and O–H groups in total. The number of rotatable bonds is 7. The number of nitrogens with zero attached hydrogens (tertiary/aromatic N) is 1. The van der Waals surface area contributed by atoms with Gasteiger partial charge in [0.15, 0.2) is 0 Å². The zero-order valence-electron chi connectivity index (χ0n) is 16.4. The molecule has 0 bridgehead atoms. The molecular weight excluding hydrogens is 439 g/mol. The normalized spacial score (nSPS) is 12.3. The molecule has 1 heterocycles. The maximum atomic E-state index is 12.6. The van der Waals surface area contributed by atoms with E-state index in [4.69, 9.17) is 0 Å². The lowest BCUT2D eigenvalue weighted by molar-refractivity contribution is -0.385. The van der Waals surface area contributed by atoms with Crippen LogP contribution in [-0.2, 0) is 16.4 Å². The molecule has 0 spiro atoms. The molecule has 2 aromatic carbocycles. The van der Waals surface area contributed by atoms with Gasteiger partial charge in [0.05, 0.1) is 9.82 Å². The van der Waals surface area contributed by atoms with Crippen molar-refractivity contribution in [2.75, 3.05) is 6.54 Å². The van der Waals surface area contributed by atoms with E-state index in [0.717, 1.165) is 6.07 Å². The number of alkyl halides is 3. The second kappa shape index (κ2) is 8.19. The number of aryl methyl sites for hydroxylation is 2. The number of H-pyrrole nitrogens is 1. The Morgan fingerprint density at radius 3 is 2.52 bits per heavy atom. The Hall–Kier alpha value is -3.12. The number of sulfonamides is 1. The first-order valence-electron chi connectivity index (χ1n) is 8.99. The third-order valence-electron chi connectivity index (χ3n) is 4.66. The fraction of sp³-hybridized carbons (Fsp3) is 0.263. The molecule has 3 aromatic rings. The summed E-state index contributed by atoms with van der Waals surface area (Å²) in [4.78, 5) is 13.1. The van der Waals surface area contributed by atoms with E-state index in [-0.39, 0.29) is 29.3 Å². The number of nitrogens with one attached hydrogen (secondary N) is 2. The van der Waals surface area contributed by atoms with E-state index in [9.17, 15) is 31.7 Å². The number of nitro benzene ring substituents is 1. The smallest absolute Gasteiger partial charge is 0.406 e. The second-order valence-corrected chi connectivity index (χ2v) is 8.57. The van der Waals surface area contributed by atoms with Crippen LogP contribution in [0.3, 0.4) is 0 Å². The van der Waals surface area contributed by atoms with Gasteiger partial charge in [-0.2, -0.15) is 0 Å². The third-order valence-corrected chi connectivity index (χ3v) is 6.27. The number of hydrogen-bond donors (Lipinski definition) is 2. The van der Waals surface area contributed by atoms with E-state index in [1.165, 1.54) is 37.3 Å². The highest BCUT2D eigenvalue weighted by molar-refractivity contribution is 7.89. The van der Waals surface area contributed by atoms with Crippen LogP contribution in [0.1, 0.15) is 16.8 Å². The predicted octanol–water partition coefficient (Wildman–Crippen LogP) is 4.11. The number of ether oxygens (including phenoxy) is 1. The van der Waals surface area contributed by atoms with Crippen LogP contribution >= 0.6 is 0 Å².